The Morgan fingerprint density at radius 3 is 2.07 bits per heavy atom. The van der Waals surface area contributed by atoms with E-state index in [4.69, 9.17) is 9.97 Å². The molecule has 0 bridgehead atoms. The normalized spacial score (nSPS) is 13.7. The summed E-state index contributed by atoms with van der Waals surface area (Å²) < 4.78 is 2.62. The number of anilines is 3. The minimum Gasteiger partial charge on any atom is -0.310 e. The topological polar surface area (TPSA) is 29.0 Å². The molecule has 6 aromatic carbocycles. The van der Waals surface area contributed by atoms with Crippen molar-refractivity contribution in [2.24, 2.45) is 0 Å². The minimum atomic E-state index is -0.167. The molecule has 1 aliphatic heterocycles. The van der Waals surface area contributed by atoms with E-state index in [1.165, 1.54) is 42.7 Å². The molecule has 0 unspecified atom stereocenters. The fraction of sp³-hybridized carbons (Fsp3) is 0.0732. The molecule has 3 nitrogen and oxygen atoms in total. The first-order valence-corrected chi connectivity index (χ1v) is 16.2. The lowest BCUT2D eigenvalue weighted by Gasteiger charge is -2.42. The minimum absolute atomic E-state index is 0.167. The van der Waals surface area contributed by atoms with Crippen molar-refractivity contribution in [1.82, 2.24) is 9.97 Å². The van der Waals surface area contributed by atoms with Crippen molar-refractivity contribution in [3.8, 4) is 22.6 Å². The van der Waals surface area contributed by atoms with Crippen molar-refractivity contribution in [2.75, 3.05) is 4.90 Å². The van der Waals surface area contributed by atoms with Gasteiger partial charge in [0, 0.05) is 47.8 Å². The van der Waals surface area contributed by atoms with Crippen LogP contribution in [0.1, 0.15) is 25.0 Å². The maximum Gasteiger partial charge on any atom is 0.160 e. The zero-order valence-electron chi connectivity index (χ0n) is 25.0. The van der Waals surface area contributed by atoms with Crippen LogP contribution in [0, 0.1) is 0 Å². The average molecular weight is 596 g/mol. The van der Waals surface area contributed by atoms with Crippen LogP contribution in [0.3, 0.4) is 0 Å². The lowest BCUT2D eigenvalue weighted by Crippen LogP contribution is -2.30. The third-order valence-electron chi connectivity index (χ3n) is 9.25. The highest BCUT2D eigenvalue weighted by Crippen LogP contribution is 2.54. The van der Waals surface area contributed by atoms with Gasteiger partial charge in [-0.25, -0.2) is 9.97 Å². The van der Waals surface area contributed by atoms with E-state index in [0.717, 1.165) is 39.2 Å². The molecule has 0 radical (unpaired) electrons. The lowest BCUT2D eigenvalue weighted by molar-refractivity contribution is 0.633. The molecule has 2 aromatic heterocycles. The van der Waals surface area contributed by atoms with Crippen LogP contribution < -0.4 is 4.90 Å². The molecule has 0 fully saturated rings. The Morgan fingerprint density at radius 1 is 0.533 bits per heavy atom. The molecule has 0 aliphatic carbocycles. The first kappa shape index (κ1) is 26.1. The van der Waals surface area contributed by atoms with Gasteiger partial charge >= 0.3 is 0 Å². The third kappa shape index (κ3) is 4.03. The molecular formula is C41H29N3S. The molecule has 1 aliphatic rings. The van der Waals surface area contributed by atoms with Gasteiger partial charge in [-0.2, -0.15) is 0 Å². The summed E-state index contributed by atoms with van der Waals surface area (Å²) >= 11 is 1.87. The number of hydrogen-bond acceptors (Lipinski definition) is 4. The number of benzene rings is 6. The molecule has 0 amide bonds. The zero-order chi connectivity index (χ0) is 30.1. The van der Waals surface area contributed by atoms with E-state index in [1.807, 2.05) is 35.6 Å². The van der Waals surface area contributed by atoms with Gasteiger partial charge in [0.05, 0.1) is 22.6 Å². The van der Waals surface area contributed by atoms with Gasteiger partial charge in [-0.15, -0.1) is 11.3 Å². The fourth-order valence-corrected chi connectivity index (χ4v) is 8.11. The summed E-state index contributed by atoms with van der Waals surface area (Å²) in [5.41, 5.74) is 9.94. The predicted molar refractivity (Wildman–Crippen MR) is 190 cm³/mol. The first-order valence-electron chi connectivity index (χ1n) is 15.3. The summed E-state index contributed by atoms with van der Waals surface area (Å²) in [5, 5.41) is 3.69. The summed E-state index contributed by atoms with van der Waals surface area (Å²) in [6.07, 6.45) is 0. The quantitative estimate of drug-likeness (QED) is 0.203. The van der Waals surface area contributed by atoms with E-state index < -0.39 is 0 Å². The van der Waals surface area contributed by atoms with Crippen LogP contribution in [-0.4, -0.2) is 9.97 Å². The van der Waals surface area contributed by atoms with Gasteiger partial charge in [-0.1, -0.05) is 111 Å². The van der Waals surface area contributed by atoms with Gasteiger partial charge in [0.25, 0.3) is 0 Å². The molecule has 4 heteroatoms. The Kier molecular flexibility index (Phi) is 5.71. The molecule has 3 heterocycles. The Bertz CT molecular complexity index is 2410. The summed E-state index contributed by atoms with van der Waals surface area (Å²) in [6.45, 7) is 4.71. The number of thiophene rings is 1. The molecule has 0 spiro atoms. The first-order chi connectivity index (χ1) is 22.1. The molecule has 214 valence electrons. The second-order valence-electron chi connectivity index (χ2n) is 12.3. The lowest BCUT2D eigenvalue weighted by atomic mass is 9.73. The second kappa shape index (κ2) is 9.85. The van der Waals surface area contributed by atoms with Crippen LogP contribution in [-0.2, 0) is 5.41 Å². The highest BCUT2D eigenvalue weighted by atomic mass is 32.1. The number of para-hydroxylation sites is 1. The SMILES string of the molecule is CC1(C)c2ccccc2N(c2ccc3c(-c4ccccc4)nc(-c4ccccc4)nc3c2)c2cc3sc4ccccc4c3cc21. The Hall–Kier alpha value is -5.32. The van der Waals surface area contributed by atoms with Gasteiger partial charge in [0.2, 0.25) is 0 Å². The Balaban J connectivity index is 1.32. The smallest absolute Gasteiger partial charge is 0.160 e. The number of aromatic nitrogens is 2. The van der Waals surface area contributed by atoms with Crippen molar-refractivity contribution >= 4 is 59.5 Å². The van der Waals surface area contributed by atoms with Gasteiger partial charge in [-0.05, 0) is 53.6 Å². The van der Waals surface area contributed by atoms with Gasteiger partial charge in [0.1, 0.15) is 0 Å². The fourth-order valence-electron chi connectivity index (χ4n) is 6.99. The van der Waals surface area contributed by atoms with Crippen molar-refractivity contribution in [3.63, 3.8) is 0 Å². The van der Waals surface area contributed by atoms with Gasteiger partial charge in [0.15, 0.2) is 5.82 Å². The van der Waals surface area contributed by atoms with Crippen molar-refractivity contribution < 1.29 is 0 Å². The number of nitrogens with zero attached hydrogens (tertiary/aromatic N) is 3. The summed E-state index contributed by atoms with van der Waals surface area (Å²) in [5.74, 6) is 0.728. The van der Waals surface area contributed by atoms with E-state index in [1.54, 1.807) is 0 Å². The number of rotatable bonds is 3. The number of hydrogen-bond donors (Lipinski definition) is 0. The van der Waals surface area contributed by atoms with Crippen LogP contribution in [0.15, 0.2) is 140 Å². The maximum absolute atomic E-state index is 5.17. The monoisotopic (exact) mass is 595 g/mol. The molecule has 9 rings (SSSR count). The van der Waals surface area contributed by atoms with E-state index in [2.05, 4.69) is 134 Å². The van der Waals surface area contributed by atoms with Crippen LogP contribution in [0.25, 0.3) is 53.7 Å². The average Bonchev–Trinajstić information content (AvgIpc) is 3.45. The van der Waals surface area contributed by atoms with Crippen molar-refractivity contribution in [1.29, 1.82) is 0 Å². The van der Waals surface area contributed by atoms with E-state index in [0.29, 0.717) is 0 Å². The molecule has 8 aromatic rings. The molecule has 0 N–H and O–H groups in total. The highest BCUT2D eigenvalue weighted by molar-refractivity contribution is 7.25. The molecule has 0 atom stereocenters. The van der Waals surface area contributed by atoms with Crippen LogP contribution in [0.5, 0.6) is 0 Å². The second-order valence-corrected chi connectivity index (χ2v) is 13.4. The van der Waals surface area contributed by atoms with Crippen molar-refractivity contribution in [2.45, 2.75) is 19.3 Å². The zero-order valence-corrected chi connectivity index (χ0v) is 25.8. The molecule has 0 saturated carbocycles. The predicted octanol–water partition coefficient (Wildman–Crippen LogP) is 11.4. The van der Waals surface area contributed by atoms with Crippen LogP contribution in [0.2, 0.25) is 0 Å². The summed E-state index contributed by atoms with van der Waals surface area (Å²) in [4.78, 5) is 12.7. The van der Waals surface area contributed by atoms with E-state index in [9.17, 15) is 0 Å². The van der Waals surface area contributed by atoms with E-state index in [-0.39, 0.29) is 5.41 Å². The number of fused-ring (bicyclic) bond motifs is 6. The largest absolute Gasteiger partial charge is 0.310 e. The highest BCUT2D eigenvalue weighted by Gasteiger charge is 2.37. The molecular weight excluding hydrogens is 567 g/mol. The Labute approximate surface area is 266 Å². The standard InChI is InChI=1S/C41H29N3S/c1-41(2)32-18-10-11-19-35(32)44(36-25-38-31(24-33(36)41)29-17-9-12-20-37(29)45-38)28-21-22-30-34(23-28)42-40(27-15-7-4-8-16-27)43-39(30)26-13-5-3-6-14-26/h3-25H,1-2H3. The van der Waals surface area contributed by atoms with Crippen molar-refractivity contribution in [3.05, 3.63) is 151 Å². The van der Waals surface area contributed by atoms with Gasteiger partial charge in [-0.3, -0.25) is 0 Å². The third-order valence-corrected chi connectivity index (χ3v) is 10.4. The van der Waals surface area contributed by atoms with E-state index >= 15 is 0 Å². The molecule has 45 heavy (non-hydrogen) atoms. The summed E-state index contributed by atoms with van der Waals surface area (Å²) in [6, 6.07) is 49.8. The maximum atomic E-state index is 5.17. The summed E-state index contributed by atoms with van der Waals surface area (Å²) in [7, 11) is 0. The molecule has 0 saturated heterocycles. The van der Waals surface area contributed by atoms with Crippen LogP contribution in [0.4, 0.5) is 17.1 Å². The Morgan fingerprint density at radius 2 is 1.24 bits per heavy atom. The van der Waals surface area contributed by atoms with Gasteiger partial charge < -0.3 is 4.90 Å². The van der Waals surface area contributed by atoms with Crippen LogP contribution >= 0.6 is 11.3 Å².